The minimum absolute atomic E-state index is 0.974. The first-order valence-corrected chi connectivity index (χ1v) is 4.13. The first kappa shape index (κ1) is 8.31. The van der Waals surface area contributed by atoms with Crippen molar-refractivity contribution in [1.29, 1.82) is 0 Å². The van der Waals surface area contributed by atoms with Gasteiger partial charge in [-0.1, -0.05) is 6.92 Å². The van der Waals surface area contributed by atoms with Gasteiger partial charge in [0, 0.05) is 26.0 Å². The average Bonchev–Trinajstić information content (AvgIpc) is 2.33. The minimum Gasteiger partial charge on any atom is -0.329 e. The van der Waals surface area contributed by atoms with Crippen molar-refractivity contribution >= 4 is 17.2 Å². The molecule has 0 bridgehead atoms. The molecule has 0 radical (unpaired) electrons. The Kier molecular flexibility index (Phi) is 2.69. The predicted molar refractivity (Wildman–Crippen MR) is 50.0 cm³/mol. The molecule has 0 aromatic heterocycles. The summed E-state index contributed by atoms with van der Waals surface area (Å²) in [6.07, 6.45) is 5.14. The monoisotopic (exact) mass is 168 g/mol. The molecule has 0 fully saturated rings. The lowest BCUT2D eigenvalue weighted by atomic mass is 10.4. The second-order valence-corrected chi connectivity index (χ2v) is 2.73. The predicted octanol–water partition coefficient (Wildman–Crippen LogP) is 1.56. The molecule has 0 saturated carbocycles. The van der Waals surface area contributed by atoms with Crippen molar-refractivity contribution in [2.24, 2.45) is 0 Å². The summed E-state index contributed by atoms with van der Waals surface area (Å²) in [5.74, 6) is 0.974. The first-order valence-electron chi connectivity index (χ1n) is 3.72. The molecule has 0 aromatic carbocycles. The maximum Gasteiger partial charge on any atom is 0.168 e. The van der Waals surface area contributed by atoms with Crippen LogP contribution in [0.25, 0.3) is 0 Å². The standard InChI is InChI=1S/C8H12N2S/c1-3-4-10-6-5-9(2)8(10)7-11/h5-6H,3-4H2,1-2H3. The molecule has 11 heavy (non-hydrogen) atoms. The highest BCUT2D eigenvalue weighted by Crippen LogP contribution is 2.14. The summed E-state index contributed by atoms with van der Waals surface area (Å²) >= 11 is 4.77. The molecule has 0 spiro atoms. The normalized spacial score (nSPS) is 16.0. The lowest BCUT2D eigenvalue weighted by Gasteiger charge is -2.18. The van der Waals surface area contributed by atoms with Crippen molar-refractivity contribution in [3.05, 3.63) is 18.2 Å². The van der Waals surface area contributed by atoms with Gasteiger partial charge >= 0.3 is 0 Å². The fourth-order valence-corrected chi connectivity index (χ4v) is 1.34. The maximum atomic E-state index is 4.77. The quantitative estimate of drug-likeness (QED) is 0.578. The van der Waals surface area contributed by atoms with Gasteiger partial charge in [0.05, 0.1) is 0 Å². The Hall–Kier alpha value is -0.790. The number of thiocarbonyl (C=S) groups is 1. The van der Waals surface area contributed by atoms with E-state index in [0.29, 0.717) is 0 Å². The van der Waals surface area contributed by atoms with Crippen LogP contribution in [0.2, 0.25) is 0 Å². The van der Waals surface area contributed by atoms with Crippen molar-refractivity contribution < 1.29 is 0 Å². The zero-order valence-corrected chi connectivity index (χ0v) is 7.69. The van der Waals surface area contributed by atoms with Gasteiger partial charge in [0.2, 0.25) is 0 Å². The second kappa shape index (κ2) is 3.56. The van der Waals surface area contributed by atoms with Crippen LogP contribution in [0.1, 0.15) is 13.3 Å². The zero-order chi connectivity index (χ0) is 8.27. The minimum atomic E-state index is 0.974. The van der Waals surface area contributed by atoms with E-state index in [9.17, 15) is 0 Å². The van der Waals surface area contributed by atoms with Gasteiger partial charge in [-0.25, -0.2) is 0 Å². The number of rotatable bonds is 2. The molecule has 0 atom stereocenters. The van der Waals surface area contributed by atoms with Gasteiger partial charge in [0.25, 0.3) is 0 Å². The molecule has 0 N–H and O–H groups in total. The first-order chi connectivity index (χ1) is 5.29. The van der Waals surface area contributed by atoms with E-state index in [1.807, 2.05) is 24.3 Å². The molecular weight excluding hydrogens is 156 g/mol. The van der Waals surface area contributed by atoms with E-state index in [1.165, 1.54) is 0 Å². The summed E-state index contributed by atoms with van der Waals surface area (Å²) in [6.45, 7) is 3.16. The van der Waals surface area contributed by atoms with Crippen LogP contribution in [0.15, 0.2) is 18.2 Å². The van der Waals surface area contributed by atoms with Crippen molar-refractivity contribution in [2.75, 3.05) is 13.6 Å². The number of hydrogen-bond acceptors (Lipinski definition) is 3. The van der Waals surface area contributed by atoms with E-state index in [2.05, 4.69) is 16.8 Å². The molecule has 60 valence electrons. The van der Waals surface area contributed by atoms with Gasteiger partial charge in [-0.2, -0.15) is 0 Å². The van der Waals surface area contributed by atoms with Crippen LogP contribution in [0, 0.1) is 0 Å². The molecule has 1 rings (SSSR count). The van der Waals surface area contributed by atoms with E-state index < -0.39 is 0 Å². The molecule has 3 heteroatoms. The van der Waals surface area contributed by atoms with Crippen LogP contribution in [-0.2, 0) is 0 Å². The summed E-state index contributed by atoms with van der Waals surface area (Å²) < 4.78 is 0. The third-order valence-electron chi connectivity index (χ3n) is 1.63. The van der Waals surface area contributed by atoms with Gasteiger partial charge in [-0.05, 0) is 23.7 Å². The molecule has 1 aliphatic heterocycles. The Bertz CT molecular complexity index is 216. The summed E-state index contributed by atoms with van der Waals surface area (Å²) in [4.78, 5) is 4.08. The van der Waals surface area contributed by atoms with Gasteiger partial charge < -0.3 is 9.80 Å². The van der Waals surface area contributed by atoms with Crippen molar-refractivity contribution in [1.82, 2.24) is 9.80 Å². The third-order valence-corrected chi connectivity index (χ3v) is 1.81. The largest absolute Gasteiger partial charge is 0.329 e. The van der Waals surface area contributed by atoms with E-state index in [4.69, 9.17) is 12.2 Å². The zero-order valence-electron chi connectivity index (χ0n) is 6.87. The van der Waals surface area contributed by atoms with E-state index in [0.717, 1.165) is 18.8 Å². The fourth-order valence-electron chi connectivity index (χ4n) is 1.08. The fraction of sp³-hybridized carbons (Fsp3) is 0.500. The lowest BCUT2D eigenvalue weighted by Crippen LogP contribution is -2.20. The van der Waals surface area contributed by atoms with E-state index in [1.54, 1.807) is 0 Å². The molecule has 1 aliphatic rings. The summed E-state index contributed by atoms with van der Waals surface area (Å²) in [6, 6.07) is 0. The van der Waals surface area contributed by atoms with E-state index >= 15 is 0 Å². The van der Waals surface area contributed by atoms with Crippen LogP contribution in [0.4, 0.5) is 0 Å². The van der Waals surface area contributed by atoms with Crippen LogP contribution in [0.5, 0.6) is 0 Å². The number of nitrogens with zero attached hydrogens (tertiary/aromatic N) is 2. The highest BCUT2D eigenvalue weighted by Gasteiger charge is 2.14. The molecule has 0 unspecified atom stereocenters. The molecule has 0 aromatic rings. The Morgan fingerprint density at radius 1 is 1.55 bits per heavy atom. The molecule has 1 heterocycles. The Labute approximate surface area is 72.8 Å². The summed E-state index contributed by atoms with van der Waals surface area (Å²) in [7, 11) is 1.97. The Morgan fingerprint density at radius 3 is 2.82 bits per heavy atom. The highest BCUT2D eigenvalue weighted by molar-refractivity contribution is 7.78. The molecule has 0 aliphatic carbocycles. The van der Waals surface area contributed by atoms with Crippen LogP contribution in [-0.4, -0.2) is 28.4 Å². The molecular formula is C8H12N2S. The Balaban J connectivity index is 2.69. The molecule has 0 amide bonds. The summed E-state index contributed by atoms with van der Waals surface area (Å²) in [5, 5.41) is 2.74. The van der Waals surface area contributed by atoms with Crippen molar-refractivity contribution in [3.8, 4) is 0 Å². The van der Waals surface area contributed by atoms with Gasteiger partial charge in [-0.15, -0.1) is 0 Å². The van der Waals surface area contributed by atoms with Gasteiger partial charge in [0.1, 0.15) is 0 Å². The van der Waals surface area contributed by atoms with E-state index in [-0.39, 0.29) is 0 Å². The Morgan fingerprint density at radius 2 is 2.27 bits per heavy atom. The smallest absolute Gasteiger partial charge is 0.168 e. The van der Waals surface area contributed by atoms with Crippen LogP contribution >= 0.6 is 12.2 Å². The number of hydrogen-bond donors (Lipinski definition) is 0. The average molecular weight is 168 g/mol. The van der Waals surface area contributed by atoms with Crippen LogP contribution in [0.3, 0.4) is 0 Å². The highest BCUT2D eigenvalue weighted by atomic mass is 32.1. The van der Waals surface area contributed by atoms with Gasteiger partial charge in [0.15, 0.2) is 5.82 Å². The second-order valence-electron chi connectivity index (χ2n) is 2.53. The van der Waals surface area contributed by atoms with Gasteiger partial charge in [-0.3, -0.25) is 0 Å². The molecule has 2 nitrogen and oxygen atoms in total. The SMILES string of the molecule is CCCN1C=CN(C)C1=C=S. The topological polar surface area (TPSA) is 6.48 Å². The van der Waals surface area contributed by atoms with Crippen molar-refractivity contribution in [2.45, 2.75) is 13.3 Å². The van der Waals surface area contributed by atoms with Crippen molar-refractivity contribution in [3.63, 3.8) is 0 Å². The lowest BCUT2D eigenvalue weighted by molar-refractivity contribution is 0.401. The third kappa shape index (κ3) is 1.62. The molecule has 0 saturated heterocycles. The van der Waals surface area contributed by atoms with Crippen LogP contribution < -0.4 is 0 Å². The summed E-state index contributed by atoms with van der Waals surface area (Å²) in [5.41, 5.74) is 0. The maximum absolute atomic E-state index is 4.77.